The van der Waals surface area contributed by atoms with E-state index < -0.39 is 10.0 Å². The molecule has 7 nitrogen and oxygen atoms in total. The van der Waals surface area contributed by atoms with Crippen LogP contribution in [0.4, 0.5) is 0 Å². The standard InChI is InChI=1S/C21H24N2O5S/c1-15-3-6-20(16(2)13-15)29(25,26)23-9-7-22(8-10-23)21(24)17-4-5-18-19(14-17)28-12-11-27-18/h3-6,13-14H,7-12H2,1-2H3. The highest BCUT2D eigenvalue weighted by molar-refractivity contribution is 7.89. The second kappa shape index (κ2) is 7.68. The number of benzene rings is 2. The van der Waals surface area contributed by atoms with E-state index in [0.29, 0.717) is 48.3 Å². The molecule has 0 spiro atoms. The third-order valence-electron chi connectivity index (χ3n) is 5.26. The van der Waals surface area contributed by atoms with Crippen LogP contribution in [0.15, 0.2) is 41.3 Å². The fourth-order valence-electron chi connectivity index (χ4n) is 3.72. The van der Waals surface area contributed by atoms with E-state index in [2.05, 4.69) is 0 Å². The molecule has 2 aliphatic rings. The van der Waals surface area contributed by atoms with Crippen LogP contribution < -0.4 is 9.47 Å². The highest BCUT2D eigenvalue weighted by atomic mass is 32.2. The lowest BCUT2D eigenvalue weighted by Gasteiger charge is -2.34. The molecule has 8 heteroatoms. The third-order valence-corrected chi connectivity index (χ3v) is 7.32. The van der Waals surface area contributed by atoms with Gasteiger partial charge in [0.15, 0.2) is 11.5 Å². The number of aryl methyl sites for hydroxylation is 2. The quantitative estimate of drug-likeness (QED) is 0.767. The van der Waals surface area contributed by atoms with Crippen molar-refractivity contribution in [3.05, 3.63) is 53.1 Å². The van der Waals surface area contributed by atoms with Gasteiger partial charge in [0, 0.05) is 31.7 Å². The van der Waals surface area contributed by atoms with Gasteiger partial charge in [0.1, 0.15) is 13.2 Å². The Balaban J connectivity index is 1.46. The van der Waals surface area contributed by atoms with E-state index in [0.717, 1.165) is 11.1 Å². The van der Waals surface area contributed by atoms with Crippen LogP contribution in [-0.2, 0) is 10.0 Å². The number of piperazine rings is 1. The SMILES string of the molecule is Cc1ccc(S(=O)(=O)N2CCN(C(=O)c3ccc4c(c3)OCCO4)CC2)c(C)c1. The largest absolute Gasteiger partial charge is 0.486 e. The number of carbonyl (C=O) groups excluding carboxylic acids is 1. The van der Waals surface area contributed by atoms with Crippen molar-refractivity contribution in [1.82, 2.24) is 9.21 Å². The Labute approximate surface area is 170 Å². The summed E-state index contributed by atoms with van der Waals surface area (Å²) in [4.78, 5) is 14.9. The Kier molecular flexibility index (Phi) is 5.23. The Morgan fingerprint density at radius 2 is 1.59 bits per heavy atom. The van der Waals surface area contributed by atoms with Crippen molar-refractivity contribution in [2.75, 3.05) is 39.4 Å². The van der Waals surface area contributed by atoms with Gasteiger partial charge < -0.3 is 14.4 Å². The molecule has 1 saturated heterocycles. The van der Waals surface area contributed by atoms with Gasteiger partial charge in [-0.05, 0) is 43.7 Å². The minimum Gasteiger partial charge on any atom is -0.486 e. The summed E-state index contributed by atoms with van der Waals surface area (Å²) in [5, 5.41) is 0. The van der Waals surface area contributed by atoms with Crippen LogP contribution in [-0.4, -0.2) is 62.9 Å². The number of nitrogens with zero attached hydrogens (tertiary/aromatic N) is 2. The molecule has 0 aromatic heterocycles. The van der Waals surface area contributed by atoms with E-state index in [1.54, 1.807) is 29.2 Å². The molecule has 0 radical (unpaired) electrons. The van der Waals surface area contributed by atoms with E-state index in [9.17, 15) is 13.2 Å². The smallest absolute Gasteiger partial charge is 0.254 e. The Morgan fingerprint density at radius 3 is 2.28 bits per heavy atom. The van der Waals surface area contributed by atoms with Crippen LogP contribution in [0.1, 0.15) is 21.5 Å². The molecule has 0 N–H and O–H groups in total. The minimum atomic E-state index is -3.58. The lowest BCUT2D eigenvalue weighted by Crippen LogP contribution is -2.50. The lowest BCUT2D eigenvalue weighted by atomic mass is 10.1. The van der Waals surface area contributed by atoms with E-state index in [1.807, 2.05) is 26.0 Å². The van der Waals surface area contributed by atoms with Crippen molar-refractivity contribution in [3.8, 4) is 11.5 Å². The first-order valence-corrected chi connectivity index (χ1v) is 11.1. The van der Waals surface area contributed by atoms with Gasteiger partial charge in [-0.15, -0.1) is 0 Å². The molecule has 2 aromatic carbocycles. The lowest BCUT2D eigenvalue weighted by molar-refractivity contribution is 0.0696. The maximum absolute atomic E-state index is 13.0. The molecule has 2 aromatic rings. The second-order valence-electron chi connectivity index (χ2n) is 7.32. The van der Waals surface area contributed by atoms with Crippen molar-refractivity contribution < 1.29 is 22.7 Å². The summed E-state index contributed by atoms with van der Waals surface area (Å²) in [6.45, 7) is 5.93. The highest BCUT2D eigenvalue weighted by Crippen LogP contribution is 2.31. The summed E-state index contributed by atoms with van der Waals surface area (Å²) in [7, 11) is -3.58. The molecule has 0 atom stereocenters. The highest BCUT2D eigenvalue weighted by Gasteiger charge is 2.31. The molecule has 0 aliphatic carbocycles. The van der Waals surface area contributed by atoms with E-state index in [1.165, 1.54) is 4.31 Å². The van der Waals surface area contributed by atoms with E-state index in [4.69, 9.17) is 9.47 Å². The number of ether oxygens (including phenoxy) is 2. The predicted molar refractivity (Wildman–Crippen MR) is 108 cm³/mol. The zero-order chi connectivity index (χ0) is 20.6. The molecule has 29 heavy (non-hydrogen) atoms. The van der Waals surface area contributed by atoms with Gasteiger partial charge in [-0.25, -0.2) is 8.42 Å². The first kappa shape index (κ1) is 19.7. The summed E-state index contributed by atoms with van der Waals surface area (Å²) in [6, 6.07) is 10.5. The number of sulfonamides is 1. The zero-order valence-electron chi connectivity index (χ0n) is 16.6. The van der Waals surface area contributed by atoms with Crippen molar-refractivity contribution in [3.63, 3.8) is 0 Å². The van der Waals surface area contributed by atoms with Gasteiger partial charge in [0.05, 0.1) is 4.90 Å². The molecule has 4 rings (SSSR count). The molecular weight excluding hydrogens is 392 g/mol. The number of hydrogen-bond donors (Lipinski definition) is 0. The molecule has 0 unspecified atom stereocenters. The summed E-state index contributed by atoms with van der Waals surface area (Å²) in [5.41, 5.74) is 2.27. The maximum atomic E-state index is 13.0. The molecule has 1 fully saturated rings. The number of amides is 1. The fraction of sp³-hybridized carbons (Fsp3) is 0.381. The number of fused-ring (bicyclic) bond motifs is 1. The average Bonchev–Trinajstić information content (AvgIpc) is 2.72. The first-order chi connectivity index (χ1) is 13.9. The van der Waals surface area contributed by atoms with Crippen molar-refractivity contribution in [2.24, 2.45) is 0 Å². The van der Waals surface area contributed by atoms with Gasteiger partial charge in [-0.2, -0.15) is 4.31 Å². The van der Waals surface area contributed by atoms with Gasteiger partial charge in [0.25, 0.3) is 5.91 Å². The van der Waals surface area contributed by atoms with Crippen LogP contribution >= 0.6 is 0 Å². The molecule has 0 saturated carbocycles. The van der Waals surface area contributed by atoms with Crippen molar-refractivity contribution in [1.29, 1.82) is 0 Å². The second-order valence-corrected chi connectivity index (χ2v) is 9.23. The van der Waals surface area contributed by atoms with Gasteiger partial charge in [0.2, 0.25) is 10.0 Å². The van der Waals surface area contributed by atoms with E-state index >= 15 is 0 Å². The van der Waals surface area contributed by atoms with Gasteiger partial charge >= 0.3 is 0 Å². The van der Waals surface area contributed by atoms with Crippen LogP contribution in [0.3, 0.4) is 0 Å². The normalized spacial score (nSPS) is 17.2. The van der Waals surface area contributed by atoms with Gasteiger partial charge in [-0.1, -0.05) is 17.7 Å². The predicted octanol–water partition coefficient (Wildman–Crippen LogP) is 2.22. The van der Waals surface area contributed by atoms with Crippen LogP contribution in [0.2, 0.25) is 0 Å². The first-order valence-electron chi connectivity index (χ1n) is 9.62. The molecule has 0 bridgehead atoms. The average molecular weight is 416 g/mol. The molecule has 154 valence electrons. The Bertz CT molecular complexity index is 1040. The van der Waals surface area contributed by atoms with Crippen molar-refractivity contribution >= 4 is 15.9 Å². The van der Waals surface area contributed by atoms with Gasteiger partial charge in [-0.3, -0.25) is 4.79 Å². The number of rotatable bonds is 3. The molecule has 2 aliphatic heterocycles. The van der Waals surface area contributed by atoms with Crippen LogP contribution in [0, 0.1) is 13.8 Å². The summed E-state index contributed by atoms with van der Waals surface area (Å²) in [5.74, 6) is 1.07. The number of hydrogen-bond acceptors (Lipinski definition) is 5. The molecule has 2 heterocycles. The Morgan fingerprint density at radius 1 is 0.897 bits per heavy atom. The van der Waals surface area contributed by atoms with Crippen LogP contribution in [0.25, 0.3) is 0 Å². The maximum Gasteiger partial charge on any atom is 0.254 e. The molecule has 1 amide bonds. The Hall–Kier alpha value is -2.58. The van der Waals surface area contributed by atoms with E-state index in [-0.39, 0.29) is 19.0 Å². The zero-order valence-corrected chi connectivity index (χ0v) is 17.4. The third kappa shape index (κ3) is 3.82. The minimum absolute atomic E-state index is 0.134. The molecular formula is C21H24N2O5S. The monoisotopic (exact) mass is 416 g/mol. The summed E-state index contributed by atoms with van der Waals surface area (Å²) >= 11 is 0. The summed E-state index contributed by atoms with van der Waals surface area (Å²) in [6.07, 6.45) is 0. The fourth-order valence-corrected chi connectivity index (χ4v) is 5.35. The number of carbonyl (C=O) groups is 1. The summed E-state index contributed by atoms with van der Waals surface area (Å²) < 4.78 is 38.5. The van der Waals surface area contributed by atoms with Crippen molar-refractivity contribution in [2.45, 2.75) is 18.7 Å². The topological polar surface area (TPSA) is 76.2 Å². The van der Waals surface area contributed by atoms with Crippen LogP contribution in [0.5, 0.6) is 11.5 Å².